The van der Waals surface area contributed by atoms with Gasteiger partial charge in [0.05, 0.1) is 6.26 Å². The van der Waals surface area contributed by atoms with Crippen molar-refractivity contribution >= 4 is 11.9 Å². The van der Waals surface area contributed by atoms with Crippen LogP contribution in [-0.4, -0.2) is 11.9 Å². The van der Waals surface area contributed by atoms with Crippen LogP contribution in [0.15, 0.2) is 52.1 Å². The smallest absolute Gasteiger partial charge is 0.259 e. The molecule has 1 aromatic heterocycles. The van der Waals surface area contributed by atoms with Crippen molar-refractivity contribution in [1.29, 1.82) is 0 Å². The first kappa shape index (κ1) is 12.4. The topological polar surface area (TPSA) is 80.6 Å². The predicted molar refractivity (Wildman–Crippen MR) is 70.3 cm³/mol. The second-order valence-corrected chi connectivity index (χ2v) is 4.57. The zero-order valence-corrected chi connectivity index (χ0v) is 10.5. The van der Waals surface area contributed by atoms with E-state index in [2.05, 4.69) is 10.3 Å². The molecule has 0 unspecified atom stereocenters. The first-order valence-electron chi connectivity index (χ1n) is 6.05. The van der Waals surface area contributed by atoms with E-state index in [1.165, 1.54) is 30.5 Å². The third-order valence-corrected chi connectivity index (χ3v) is 3.26. The summed E-state index contributed by atoms with van der Waals surface area (Å²) in [7, 11) is 0. The largest absolute Gasteiger partial charge is 0.469 e. The molecule has 20 heavy (non-hydrogen) atoms. The number of benzene rings is 1. The molecule has 0 saturated heterocycles. The molecule has 1 aliphatic heterocycles. The van der Waals surface area contributed by atoms with Crippen LogP contribution in [0, 0.1) is 5.82 Å². The van der Waals surface area contributed by atoms with Crippen LogP contribution >= 0.6 is 0 Å². The van der Waals surface area contributed by atoms with Crippen molar-refractivity contribution in [3.63, 3.8) is 0 Å². The minimum atomic E-state index is -1.21. The number of aliphatic imine (C=N–C) groups is 1. The number of rotatable bonds is 3. The van der Waals surface area contributed by atoms with Crippen LogP contribution in [0.3, 0.4) is 0 Å². The normalized spacial score (nSPS) is 21.6. The highest BCUT2D eigenvalue weighted by atomic mass is 19.1. The molecule has 0 saturated carbocycles. The number of hydrogen-bond acceptors (Lipinski definition) is 4. The van der Waals surface area contributed by atoms with E-state index in [0.717, 1.165) is 0 Å². The maximum absolute atomic E-state index is 13.1. The van der Waals surface area contributed by atoms with Gasteiger partial charge in [0.2, 0.25) is 0 Å². The standard InChI is InChI=1S/C14H12FN3O2/c15-10-5-3-9(4-6-10)14(8-11-2-1-7-20-11)12(19)17-13(16)18-14/h1-7H,8H2,(H3,16,17,18,19)/t14-/m1/s1. The SMILES string of the molecule is NC1=N[C@](Cc2ccco2)(c2ccc(F)cc2)C(=O)N1. The highest BCUT2D eigenvalue weighted by Crippen LogP contribution is 2.33. The first-order valence-corrected chi connectivity index (χ1v) is 6.05. The number of nitrogens with zero attached hydrogens (tertiary/aromatic N) is 1. The number of carbonyl (C=O) groups excluding carboxylic acids is 1. The van der Waals surface area contributed by atoms with Crippen LogP contribution in [0.1, 0.15) is 11.3 Å². The molecule has 1 aliphatic rings. The van der Waals surface area contributed by atoms with Gasteiger partial charge >= 0.3 is 0 Å². The molecule has 1 amide bonds. The molecule has 2 heterocycles. The van der Waals surface area contributed by atoms with Gasteiger partial charge in [0.25, 0.3) is 5.91 Å². The molecule has 0 fully saturated rings. The van der Waals surface area contributed by atoms with Gasteiger partial charge in [0, 0.05) is 6.42 Å². The molecule has 3 rings (SSSR count). The molecule has 6 heteroatoms. The number of hydrogen-bond donors (Lipinski definition) is 2. The first-order chi connectivity index (χ1) is 9.60. The molecule has 0 bridgehead atoms. The summed E-state index contributed by atoms with van der Waals surface area (Å²) in [5.41, 5.74) is 4.96. The molecule has 0 radical (unpaired) electrons. The molecule has 2 aromatic rings. The fourth-order valence-electron chi connectivity index (χ4n) is 2.31. The van der Waals surface area contributed by atoms with Crippen LogP contribution < -0.4 is 11.1 Å². The number of halogens is 1. The summed E-state index contributed by atoms with van der Waals surface area (Å²) in [6.45, 7) is 0. The highest BCUT2D eigenvalue weighted by molar-refractivity contribution is 6.07. The minimum absolute atomic E-state index is 0.0471. The Hall–Kier alpha value is -2.63. The number of furan rings is 1. The number of amides is 1. The van der Waals surface area contributed by atoms with E-state index in [-0.39, 0.29) is 24.1 Å². The number of guanidine groups is 1. The maximum atomic E-state index is 13.1. The van der Waals surface area contributed by atoms with Gasteiger partial charge in [0.15, 0.2) is 11.5 Å². The van der Waals surface area contributed by atoms with Crippen molar-refractivity contribution in [2.75, 3.05) is 0 Å². The molecular formula is C14H12FN3O2. The van der Waals surface area contributed by atoms with Crippen molar-refractivity contribution in [3.8, 4) is 0 Å². The summed E-state index contributed by atoms with van der Waals surface area (Å²) in [5.74, 6) is -0.0796. The lowest BCUT2D eigenvalue weighted by atomic mass is 9.86. The third-order valence-electron chi connectivity index (χ3n) is 3.26. The van der Waals surface area contributed by atoms with E-state index >= 15 is 0 Å². The van der Waals surface area contributed by atoms with Crippen molar-refractivity contribution < 1.29 is 13.6 Å². The van der Waals surface area contributed by atoms with Crippen LogP contribution in [0.25, 0.3) is 0 Å². The lowest BCUT2D eigenvalue weighted by Crippen LogP contribution is -2.40. The Morgan fingerprint density at radius 1 is 1.30 bits per heavy atom. The average Bonchev–Trinajstić information content (AvgIpc) is 3.00. The zero-order valence-electron chi connectivity index (χ0n) is 10.5. The van der Waals surface area contributed by atoms with E-state index in [0.29, 0.717) is 11.3 Å². The molecule has 3 N–H and O–H groups in total. The molecule has 1 atom stereocenters. The Morgan fingerprint density at radius 2 is 2.05 bits per heavy atom. The van der Waals surface area contributed by atoms with Crippen molar-refractivity contribution in [3.05, 3.63) is 59.8 Å². The number of nitrogens with one attached hydrogen (secondary N) is 1. The van der Waals surface area contributed by atoms with Gasteiger partial charge in [-0.2, -0.15) is 0 Å². The van der Waals surface area contributed by atoms with E-state index < -0.39 is 5.54 Å². The molecule has 5 nitrogen and oxygen atoms in total. The lowest BCUT2D eigenvalue weighted by Gasteiger charge is -2.22. The Bertz CT molecular complexity index is 664. The molecule has 102 valence electrons. The highest BCUT2D eigenvalue weighted by Gasteiger charge is 2.45. The lowest BCUT2D eigenvalue weighted by molar-refractivity contribution is -0.124. The summed E-state index contributed by atoms with van der Waals surface area (Å²) in [6, 6.07) is 9.11. The maximum Gasteiger partial charge on any atom is 0.259 e. The van der Waals surface area contributed by atoms with Gasteiger partial charge in [-0.3, -0.25) is 10.1 Å². The Kier molecular flexibility index (Phi) is 2.78. The summed E-state index contributed by atoms with van der Waals surface area (Å²) >= 11 is 0. The van der Waals surface area contributed by atoms with Crippen molar-refractivity contribution in [2.24, 2.45) is 10.7 Å². The zero-order chi connectivity index (χ0) is 14.2. The van der Waals surface area contributed by atoms with Gasteiger partial charge in [-0.05, 0) is 29.8 Å². The second-order valence-electron chi connectivity index (χ2n) is 4.57. The van der Waals surface area contributed by atoms with Gasteiger partial charge in [-0.1, -0.05) is 12.1 Å². The van der Waals surface area contributed by atoms with Crippen LogP contribution in [0.4, 0.5) is 4.39 Å². The fraction of sp³-hybridized carbons (Fsp3) is 0.143. The third kappa shape index (κ3) is 1.95. The number of nitrogens with two attached hydrogens (primary N) is 1. The van der Waals surface area contributed by atoms with Crippen molar-refractivity contribution in [1.82, 2.24) is 5.32 Å². The van der Waals surface area contributed by atoms with Gasteiger partial charge in [-0.25, -0.2) is 9.38 Å². The van der Waals surface area contributed by atoms with E-state index in [9.17, 15) is 9.18 Å². The summed E-state index contributed by atoms with van der Waals surface area (Å²) in [5, 5.41) is 2.49. The summed E-state index contributed by atoms with van der Waals surface area (Å²) < 4.78 is 18.4. The summed E-state index contributed by atoms with van der Waals surface area (Å²) in [4.78, 5) is 16.5. The van der Waals surface area contributed by atoms with E-state index in [1.807, 2.05) is 0 Å². The van der Waals surface area contributed by atoms with Gasteiger partial charge in [-0.15, -0.1) is 0 Å². The Balaban J connectivity index is 2.08. The Labute approximate surface area is 114 Å². The fourth-order valence-corrected chi connectivity index (χ4v) is 2.31. The number of carbonyl (C=O) groups is 1. The molecule has 0 spiro atoms. The van der Waals surface area contributed by atoms with Crippen LogP contribution in [0.2, 0.25) is 0 Å². The second kappa shape index (κ2) is 4.48. The molecule has 0 aliphatic carbocycles. The van der Waals surface area contributed by atoms with E-state index in [4.69, 9.17) is 10.2 Å². The van der Waals surface area contributed by atoms with E-state index in [1.54, 1.807) is 12.1 Å². The minimum Gasteiger partial charge on any atom is -0.469 e. The average molecular weight is 273 g/mol. The van der Waals surface area contributed by atoms with Gasteiger partial charge in [0.1, 0.15) is 11.6 Å². The van der Waals surface area contributed by atoms with Crippen LogP contribution in [0.5, 0.6) is 0 Å². The molecular weight excluding hydrogens is 261 g/mol. The summed E-state index contributed by atoms with van der Waals surface area (Å²) in [6.07, 6.45) is 1.74. The Morgan fingerprint density at radius 3 is 2.60 bits per heavy atom. The monoisotopic (exact) mass is 273 g/mol. The van der Waals surface area contributed by atoms with Crippen molar-refractivity contribution in [2.45, 2.75) is 12.0 Å². The predicted octanol–water partition coefficient (Wildman–Crippen LogP) is 1.30. The quantitative estimate of drug-likeness (QED) is 0.884. The van der Waals surface area contributed by atoms with Gasteiger partial charge < -0.3 is 10.2 Å². The molecule has 1 aromatic carbocycles. The van der Waals surface area contributed by atoms with Crippen LogP contribution in [-0.2, 0) is 16.8 Å².